The predicted molar refractivity (Wildman–Crippen MR) is 120 cm³/mol. The summed E-state index contributed by atoms with van der Waals surface area (Å²) in [6.07, 6.45) is 0.194. The van der Waals surface area contributed by atoms with Gasteiger partial charge in [-0.15, -0.1) is 0 Å². The van der Waals surface area contributed by atoms with E-state index in [0.29, 0.717) is 24.5 Å². The number of fused-ring (bicyclic) bond motifs is 1. The molecule has 3 aromatic rings. The first kappa shape index (κ1) is 22.7. The molecule has 174 valence electrons. The Balaban J connectivity index is 1.53. The molecule has 8 heteroatoms. The molecule has 3 atom stereocenters. The number of esters is 2. The van der Waals surface area contributed by atoms with E-state index >= 15 is 0 Å². The monoisotopic (exact) mass is 453 g/mol. The van der Waals surface area contributed by atoms with Crippen LogP contribution in [-0.2, 0) is 37.5 Å². The largest absolute Gasteiger partial charge is 0.489 e. The van der Waals surface area contributed by atoms with Gasteiger partial charge in [-0.25, -0.2) is 4.79 Å². The first-order chi connectivity index (χ1) is 15.9. The lowest BCUT2D eigenvalue weighted by atomic mass is 10.0. The molecule has 0 spiro atoms. The van der Waals surface area contributed by atoms with Crippen LogP contribution in [0.25, 0.3) is 10.9 Å². The summed E-state index contributed by atoms with van der Waals surface area (Å²) >= 11 is 0. The summed E-state index contributed by atoms with van der Waals surface area (Å²) in [6, 6.07) is 15.7. The van der Waals surface area contributed by atoms with E-state index < -0.39 is 30.4 Å². The third-order valence-electron chi connectivity index (χ3n) is 5.48. The van der Waals surface area contributed by atoms with Gasteiger partial charge in [0, 0.05) is 38.4 Å². The number of hydrogen-bond donors (Lipinski definition) is 0. The summed E-state index contributed by atoms with van der Waals surface area (Å²) in [7, 11) is 3.21. The maximum Gasteiger partial charge on any atom is 0.335 e. The SMILES string of the molecule is COC(=O)C1CC(OC(C)=O)CC(Oc2cn(C)c3ccc(OCc4ccccc4)cc23)O1. The molecular weight excluding hydrogens is 426 g/mol. The second-order valence-electron chi connectivity index (χ2n) is 7.96. The molecule has 0 amide bonds. The lowest BCUT2D eigenvalue weighted by Crippen LogP contribution is -2.44. The minimum absolute atomic E-state index is 0.221. The number of aromatic nitrogens is 1. The van der Waals surface area contributed by atoms with Gasteiger partial charge >= 0.3 is 11.9 Å². The Morgan fingerprint density at radius 2 is 1.91 bits per heavy atom. The van der Waals surface area contributed by atoms with Gasteiger partial charge in [-0.2, -0.15) is 0 Å². The van der Waals surface area contributed by atoms with Crippen molar-refractivity contribution in [2.75, 3.05) is 7.11 Å². The average molecular weight is 453 g/mol. The van der Waals surface area contributed by atoms with Crippen molar-refractivity contribution >= 4 is 22.8 Å². The highest BCUT2D eigenvalue weighted by Gasteiger charge is 2.37. The summed E-state index contributed by atoms with van der Waals surface area (Å²) in [5.74, 6) is 0.330. The maximum atomic E-state index is 12.1. The molecule has 1 fully saturated rings. The molecule has 0 radical (unpaired) electrons. The van der Waals surface area contributed by atoms with Gasteiger partial charge in [-0.1, -0.05) is 30.3 Å². The van der Waals surface area contributed by atoms with Crippen LogP contribution < -0.4 is 9.47 Å². The van der Waals surface area contributed by atoms with E-state index in [1.54, 1.807) is 0 Å². The Kier molecular flexibility index (Phi) is 6.84. The third kappa shape index (κ3) is 5.46. The highest BCUT2D eigenvalue weighted by atomic mass is 16.7. The highest BCUT2D eigenvalue weighted by molar-refractivity contribution is 5.88. The Morgan fingerprint density at radius 3 is 2.64 bits per heavy atom. The Morgan fingerprint density at radius 1 is 1.12 bits per heavy atom. The molecule has 1 saturated heterocycles. The van der Waals surface area contributed by atoms with Crippen LogP contribution in [-0.4, -0.2) is 42.1 Å². The standard InChI is InChI=1S/C25H27NO7/c1-16(27)31-19-12-22(25(28)29-3)32-24(13-19)33-23-14-26(2)21-10-9-18(11-20(21)23)30-15-17-7-5-4-6-8-17/h4-11,14,19,22,24H,12-13,15H2,1-3H3. The molecule has 2 heterocycles. The van der Waals surface area contributed by atoms with Crippen LogP contribution >= 0.6 is 0 Å². The number of benzene rings is 2. The van der Waals surface area contributed by atoms with Gasteiger partial charge in [0.2, 0.25) is 6.29 Å². The van der Waals surface area contributed by atoms with Crippen molar-refractivity contribution in [3.8, 4) is 11.5 Å². The fraction of sp³-hybridized carbons (Fsp3) is 0.360. The number of carbonyl (C=O) groups excluding carboxylic acids is 2. The van der Waals surface area contributed by atoms with Crippen LogP contribution in [0.3, 0.4) is 0 Å². The normalized spacial score (nSPS) is 20.3. The number of hydrogen-bond acceptors (Lipinski definition) is 7. The fourth-order valence-electron chi connectivity index (χ4n) is 3.94. The first-order valence-electron chi connectivity index (χ1n) is 10.8. The minimum Gasteiger partial charge on any atom is -0.489 e. The molecule has 1 aromatic heterocycles. The maximum absolute atomic E-state index is 12.1. The summed E-state index contributed by atoms with van der Waals surface area (Å²) in [6.45, 7) is 1.78. The van der Waals surface area contributed by atoms with Gasteiger partial charge in [0.1, 0.15) is 24.2 Å². The zero-order chi connectivity index (χ0) is 23.4. The number of carbonyl (C=O) groups is 2. The van der Waals surface area contributed by atoms with Gasteiger partial charge in [0.25, 0.3) is 0 Å². The Hall–Kier alpha value is -3.52. The average Bonchev–Trinajstić information content (AvgIpc) is 3.11. The molecule has 1 aliphatic heterocycles. The second-order valence-corrected chi connectivity index (χ2v) is 7.96. The number of rotatable bonds is 7. The molecule has 0 saturated carbocycles. The van der Waals surface area contributed by atoms with Crippen molar-refractivity contribution in [3.63, 3.8) is 0 Å². The summed E-state index contributed by atoms with van der Waals surface area (Å²) in [5.41, 5.74) is 2.03. The molecule has 8 nitrogen and oxygen atoms in total. The van der Waals surface area contributed by atoms with Gasteiger partial charge in [0.15, 0.2) is 6.10 Å². The topological polar surface area (TPSA) is 85.2 Å². The molecule has 1 aliphatic rings. The van der Waals surface area contributed by atoms with Crippen LogP contribution in [0, 0.1) is 0 Å². The van der Waals surface area contributed by atoms with E-state index in [4.69, 9.17) is 23.7 Å². The number of nitrogens with zero attached hydrogens (tertiary/aromatic N) is 1. The first-order valence-corrected chi connectivity index (χ1v) is 10.8. The smallest absolute Gasteiger partial charge is 0.335 e. The zero-order valence-corrected chi connectivity index (χ0v) is 18.9. The number of methoxy groups -OCH3 is 1. The molecule has 0 bridgehead atoms. The van der Waals surface area contributed by atoms with Crippen LogP contribution in [0.5, 0.6) is 11.5 Å². The highest BCUT2D eigenvalue weighted by Crippen LogP contribution is 2.34. The second kappa shape index (κ2) is 9.95. The van der Waals surface area contributed by atoms with E-state index in [1.165, 1.54) is 14.0 Å². The Bertz CT molecular complexity index is 1120. The van der Waals surface area contributed by atoms with Crippen LogP contribution in [0.15, 0.2) is 54.7 Å². The minimum atomic E-state index is -0.877. The zero-order valence-electron chi connectivity index (χ0n) is 18.9. The van der Waals surface area contributed by atoms with E-state index in [2.05, 4.69) is 0 Å². The Labute approximate surface area is 191 Å². The fourth-order valence-corrected chi connectivity index (χ4v) is 3.94. The molecule has 2 aromatic carbocycles. The van der Waals surface area contributed by atoms with Gasteiger partial charge in [-0.3, -0.25) is 4.79 Å². The lowest BCUT2D eigenvalue weighted by Gasteiger charge is -2.33. The van der Waals surface area contributed by atoms with Crippen LogP contribution in [0.1, 0.15) is 25.3 Å². The van der Waals surface area contributed by atoms with Crippen LogP contribution in [0.4, 0.5) is 0 Å². The van der Waals surface area contributed by atoms with Gasteiger partial charge < -0.3 is 28.3 Å². The van der Waals surface area contributed by atoms with Crippen molar-refractivity contribution in [2.45, 2.75) is 44.9 Å². The van der Waals surface area contributed by atoms with Crippen molar-refractivity contribution < 1.29 is 33.3 Å². The van der Waals surface area contributed by atoms with Crippen molar-refractivity contribution in [1.29, 1.82) is 0 Å². The van der Waals surface area contributed by atoms with Crippen molar-refractivity contribution in [2.24, 2.45) is 7.05 Å². The van der Waals surface area contributed by atoms with Crippen molar-refractivity contribution in [3.05, 3.63) is 60.3 Å². The van der Waals surface area contributed by atoms with E-state index in [9.17, 15) is 9.59 Å². The molecule has 0 N–H and O–H groups in total. The van der Waals surface area contributed by atoms with E-state index in [0.717, 1.165) is 16.5 Å². The van der Waals surface area contributed by atoms with E-state index in [-0.39, 0.29) is 6.42 Å². The number of ether oxygens (including phenoxy) is 5. The van der Waals surface area contributed by atoms with Gasteiger partial charge in [0.05, 0.1) is 12.6 Å². The van der Waals surface area contributed by atoms with Gasteiger partial charge in [-0.05, 0) is 23.8 Å². The van der Waals surface area contributed by atoms with Crippen LogP contribution in [0.2, 0.25) is 0 Å². The summed E-state index contributed by atoms with van der Waals surface area (Å²) < 4.78 is 30.0. The van der Waals surface area contributed by atoms with Crippen molar-refractivity contribution in [1.82, 2.24) is 4.57 Å². The molecule has 3 unspecified atom stereocenters. The molecule has 0 aliphatic carbocycles. The van der Waals surface area contributed by atoms with E-state index in [1.807, 2.05) is 66.3 Å². The summed E-state index contributed by atoms with van der Waals surface area (Å²) in [5, 5.41) is 0.843. The molecule has 4 rings (SSSR count). The molecular formula is C25H27NO7. The molecule has 33 heavy (non-hydrogen) atoms. The summed E-state index contributed by atoms with van der Waals surface area (Å²) in [4.78, 5) is 23.5. The predicted octanol–water partition coefficient (Wildman–Crippen LogP) is 3.75. The lowest BCUT2D eigenvalue weighted by molar-refractivity contribution is -0.204. The number of aryl methyl sites for hydroxylation is 1. The quantitative estimate of drug-likeness (QED) is 0.504. The third-order valence-corrected chi connectivity index (χ3v) is 5.48.